The molecule has 1 fully saturated rings. The Morgan fingerprint density at radius 1 is 1.17 bits per heavy atom. The normalized spacial score (nSPS) is 24.9. The topological polar surface area (TPSA) is 24.9 Å². The van der Waals surface area contributed by atoms with Crippen LogP contribution in [-0.2, 0) is 5.67 Å². The van der Waals surface area contributed by atoms with Gasteiger partial charge < -0.3 is 5.32 Å². The molecule has 2 nitrogen and oxygen atoms in total. The Labute approximate surface area is 106 Å². The Balaban J connectivity index is 2.02. The van der Waals surface area contributed by atoms with Crippen LogP contribution >= 0.6 is 0 Å². The minimum Gasteiger partial charge on any atom is -0.317 e. The lowest BCUT2D eigenvalue weighted by Gasteiger charge is -2.23. The van der Waals surface area contributed by atoms with Crippen molar-refractivity contribution in [3.05, 3.63) is 42.1 Å². The first-order chi connectivity index (χ1) is 8.78. The van der Waals surface area contributed by atoms with Crippen molar-refractivity contribution < 1.29 is 4.39 Å². The highest BCUT2D eigenvalue weighted by Crippen LogP contribution is 2.36. The lowest BCUT2D eigenvalue weighted by molar-refractivity contribution is 0.144. The average Bonchev–Trinajstić information content (AvgIpc) is 2.64. The van der Waals surface area contributed by atoms with E-state index in [9.17, 15) is 0 Å². The van der Waals surface area contributed by atoms with Crippen molar-refractivity contribution in [3.63, 3.8) is 0 Å². The van der Waals surface area contributed by atoms with E-state index in [1.54, 1.807) is 6.20 Å². The van der Waals surface area contributed by atoms with Gasteiger partial charge in [-0.25, -0.2) is 4.39 Å². The van der Waals surface area contributed by atoms with E-state index in [2.05, 4.69) is 10.3 Å². The van der Waals surface area contributed by atoms with E-state index in [0.717, 1.165) is 36.0 Å². The predicted molar refractivity (Wildman–Crippen MR) is 71.2 cm³/mol. The number of aromatic nitrogens is 1. The van der Waals surface area contributed by atoms with E-state index < -0.39 is 5.67 Å². The van der Waals surface area contributed by atoms with Crippen molar-refractivity contribution in [2.24, 2.45) is 0 Å². The van der Waals surface area contributed by atoms with Gasteiger partial charge in [0.1, 0.15) is 5.67 Å². The Morgan fingerprint density at radius 3 is 3.00 bits per heavy atom. The van der Waals surface area contributed by atoms with Gasteiger partial charge in [0.2, 0.25) is 0 Å². The zero-order valence-electron chi connectivity index (χ0n) is 10.3. The SMILES string of the molecule is FC1(c2cnc3ccccc3c2)CCCNCC1. The van der Waals surface area contributed by atoms with Crippen LogP contribution in [0.5, 0.6) is 0 Å². The molecule has 2 heterocycles. The molecule has 0 saturated carbocycles. The molecule has 1 aromatic carbocycles. The molecule has 0 bridgehead atoms. The quantitative estimate of drug-likeness (QED) is 0.833. The number of halogens is 1. The summed E-state index contributed by atoms with van der Waals surface area (Å²) in [4.78, 5) is 4.37. The second kappa shape index (κ2) is 4.65. The molecule has 0 amide bonds. The van der Waals surface area contributed by atoms with Crippen LogP contribution in [0.3, 0.4) is 0 Å². The highest BCUT2D eigenvalue weighted by Gasteiger charge is 2.32. The third-order valence-electron chi connectivity index (χ3n) is 3.73. The summed E-state index contributed by atoms with van der Waals surface area (Å²) in [5.41, 5.74) is 0.432. The van der Waals surface area contributed by atoms with Crippen LogP contribution in [0, 0.1) is 0 Å². The first-order valence-electron chi connectivity index (χ1n) is 6.53. The van der Waals surface area contributed by atoms with E-state index in [0.29, 0.717) is 12.8 Å². The van der Waals surface area contributed by atoms with E-state index in [4.69, 9.17) is 0 Å². The monoisotopic (exact) mass is 244 g/mol. The van der Waals surface area contributed by atoms with Crippen LogP contribution < -0.4 is 5.32 Å². The van der Waals surface area contributed by atoms with Gasteiger partial charge in [-0.05, 0) is 44.5 Å². The number of nitrogens with one attached hydrogen (secondary N) is 1. The lowest BCUT2D eigenvalue weighted by atomic mass is 9.89. The van der Waals surface area contributed by atoms with Crippen molar-refractivity contribution in [1.29, 1.82) is 0 Å². The molecule has 1 unspecified atom stereocenters. The molecule has 3 heteroatoms. The molecule has 0 spiro atoms. The molecular formula is C15H17FN2. The van der Waals surface area contributed by atoms with Crippen LogP contribution in [0.2, 0.25) is 0 Å². The van der Waals surface area contributed by atoms with Crippen molar-refractivity contribution in [2.45, 2.75) is 24.9 Å². The molecule has 18 heavy (non-hydrogen) atoms. The number of hydrogen-bond donors (Lipinski definition) is 1. The van der Waals surface area contributed by atoms with Crippen LogP contribution in [0.1, 0.15) is 24.8 Å². The van der Waals surface area contributed by atoms with Crippen molar-refractivity contribution in [2.75, 3.05) is 13.1 Å². The number of alkyl halides is 1. The van der Waals surface area contributed by atoms with Gasteiger partial charge in [-0.15, -0.1) is 0 Å². The van der Waals surface area contributed by atoms with Crippen LogP contribution in [0.4, 0.5) is 4.39 Å². The highest BCUT2D eigenvalue weighted by atomic mass is 19.1. The number of para-hydroxylation sites is 1. The summed E-state index contributed by atoms with van der Waals surface area (Å²) >= 11 is 0. The largest absolute Gasteiger partial charge is 0.317 e. The molecule has 3 rings (SSSR count). The zero-order valence-corrected chi connectivity index (χ0v) is 10.3. The lowest BCUT2D eigenvalue weighted by Crippen LogP contribution is -2.22. The summed E-state index contributed by atoms with van der Waals surface area (Å²) in [5.74, 6) is 0. The first-order valence-corrected chi connectivity index (χ1v) is 6.53. The molecule has 1 aliphatic rings. The minimum absolute atomic E-state index is 0.535. The van der Waals surface area contributed by atoms with Crippen LogP contribution in [-0.4, -0.2) is 18.1 Å². The van der Waals surface area contributed by atoms with Gasteiger partial charge in [-0.3, -0.25) is 4.98 Å². The van der Waals surface area contributed by atoms with Gasteiger partial charge in [0, 0.05) is 17.1 Å². The third-order valence-corrected chi connectivity index (χ3v) is 3.73. The van der Waals surface area contributed by atoms with Crippen molar-refractivity contribution in [3.8, 4) is 0 Å². The van der Waals surface area contributed by atoms with Gasteiger partial charge in [-0.1, -0.05) is 18.2 Å². The summed E-state index contributed by atoms with van der Waals surface area (Å²) in [5, 5.41) is 4.27. The predicted octanol–water partition coefficient (Wildman–Crippen LogP) is 3.17. The van der Waals surface area contributed by atoms with E-state index >= 15 is 4.39 Å². The zero-order chi connectivity index (χ0) is 12.4. The molecule has 2 aromatic rings. The third kappa shape index (κ3) is 2.10. The number of nitrogens with zero attached hydrogens (tertiary/aromatic N) is 1. The maximum Gasteiger partial charge on any atom is 0.138 e. The van der Waals surface area contributed by atoms with Crippen LogP contribution in [0.15, 0.2) is 36.5 Å². The van der Waals surface area contributed by atoms with Gasteiger partial charge in [-0.2, -0.15) is 0 Å². The maximum atomic E-state index is 15.0. The van der Waals surface area contributed by atoms with E-state index in [1.165, 1.54) is 0 Å². The van der Waals surface area contributed by atoms with Gasteiger partial charge in [0.25, 0.3) is 0 Å². The smallest absolute Gasteiger partial charge is 0.138 e. The molecule has 1 aliphatic heterocycles. The molecule has 1 saturated heterocycles. The fourth-order valence-electron chi connectivity index (χ4n) is 2.63. The summed E-state index contributed by atoms with van der Waals surface area (Å²) in [6, 6.07) is 9.82. The number of fused-ring (bicyclic) bond motifs is 1. The Hall–Kier alpha value is -1.48. The molecule has 1 aromatic heterocycles. The molecule has 1 atom stereocenters. The Kier molecular flexibility index (Phi) is 3.00. The summed E-state index contributed by atoms with van der Waals surface area (Å²) in [7, 11) is 0. The maximum absolute atomic E-state index is 15.0. The molecular weight excluding hydrogens is 227 g/mol. The summed E-state index contributed by atoms with van der Waals surface area (Å²) in [6.45, 7) is 1.65. The number of hydrogen-bond acceptors (Lipinski definition) is 2. The van der Waals surface area contributed by atoms with Gasteiger partial charge in [0.15, 0.2) is 0 Å². The van der Waals surface area contributed by atoms with E-state index in [1.807, 2.05) is 30.3 Å². The number of rotatable bonds is 1. The van der Waals surface area contributed by atoms with Crippen molar-refractivity contribution >= 4 is 10.9 Å². The summed E-state index contributed by atoms with van der Waals surface area (Å²) in [6.07, 6.45) is 3.70. The standard InChI is InChI=1S/C15H17FN2/c16-15(6-3-8-17-9-7-15)13-10-12-4-1-2-5-14(12)18-11-13/h1-2,4-5,10-11,17H,3,6-9H2. The average molecular weight is 244 g/mol. The fraction of sp³-hybridized carbons (Fsp3) is 0.400. The van der Waals surface area contributed by atoms with Gasteiger partial charge in [0.05, 0.1) is 5.52 Å². The van der Waals surface area contributed by atoms with Gasteiger partial charge >= 0.3 is 0 Å². The second-order valence-electron chi connectivity index (χ2n) is 4.99. The molecule has 1 N–H and O–H groups in total. The number of benzene rings is 1. The fourth-order valence-corrected chi connectivity index (χ4v) is 2.63. The van der Waals surface area contributed by atoms with Crippen LogP contribution in [0.25, 0.3) is 10.9 Å². The molecule has 0 radical (unpaired) electrons. The first kappa shape index (κ1) is 11.6. The number of pyridine rings is 1. The highest BCUT2D eigenvalue weighted by molar-refractivity contribution is 5.78. The second-order valence-corrected chi connectivity index (χ2v) is 4.99. The van der Waals surface area contributed by atoms with E-state index in [-0.39, 0.29) is 0 Å². The van der Waals surface area contributed by atoms with Crippen molar-refractivity contribution in [1.82, 2.24) is 10.3 Å². The molecule has 0 aliphatic carbocycles. The summed E-state index contributed by atoms with van der Waals surface area (Å²) < 4.78 is 15.0. The Morgan fingerprint density at radius 2 is 2.06 bits per heavy atom. The minimum atomic E-state index is -1.22. The Bertz CT molecular complexity index is 545. The molecule has 94 valence electrons.